The number of hydrogen-bond donors (Lipinski definition) is 2. The highest BCUT2D eigenvalue weighted by molar-refractivity contribution is 7.10. The van der Waals surface area contributed by atoms with Gasteiger partial charge in [0.1, 0.15) is 10.6 Å². The van der Waals surface area contributed by atoms with Crippen LogP contribution in [0.25, 0.3) is 5.57 Å². The second-order valence-corrected chi connectivity index (χ2v) is 12.3. The van der Waals surface area contributed by atoms with Crippen LogP contribution in [0.4, 0.5) is 15.5 Å². The van der Waals surface area contributed by atoms with Gasteiger partial charge in [0, 0.05) is 27.8 Å². The van der Waals surface area contributed by atoms with E-state index < -0.39 is 17.0 Å². The smallest absolute Gasteiger partial charge is 0.343 e. The molecule has 1 saturated carbocycles. The van der Waals surface area contributed by atoms with Gasteiger partial charge >= 0.3 is 18.0 Å². The van der Waals surface area contributed by atoms with Crippen LogP contribution in [0.3, 0.4) is 0 Å². The van der Waals surface area contributed by atoms with Gasteiger partial charge in [-0.1, -0.05) is 65.3 Å². The van der Waals surface area contributed by atoms with E-state index in [1.54, 1.807) is 18.2 Å². The first-order valence-electron chi connectivity index (χ1n) is 13.6. The third kappa shape index (κ3) is 7.48. The van der Waals surface area contributed by atoms with Crippen molar-refractivity contribution in [2.24, 2.45) is 5.41 Å². The van der Waals surface area contributed by atoms with Crippen LogP contribution in [-0.4, -0.2) is 33.2 Å². The molecule has 0 atom stereocenters. The minimum atomic E-state index is -0.882. The monoisotopic (exact) mass is 630 g/mol. The zero-order chi connectivity index (χ0) is 30.3. The van der Waals surface area contributed by atoms with E-state index in [1.807, 2.05) is 51.1 Å². The first-order chi connectivity index (χ1) is 20.0. The maximum Gasteiger partial charge on any atom is 0.343 e. The molecular formula is C30H32Cl2N4O5S. The summed E-state index contributed by atoms with van der Waals surface area (Å²) in [5.74, 6) is -0.563. The van der Waals surface area contributed by atoms with Crippen molar-refractivity contribution in [1.82, 2.24) is 9.59 Å². The summed E-state index contributed by atoms with van der Waals surface area (Å²) in [4.78, 5) is 37.1. The molecule has 0 bridgehead atoms. The van der Waals surface area contributed by atoms with Gasteiger partial charge in [0.25, 0.3) is 0 Å². The quantitative estimate of drug-likeness (QED) is 0.264. The van der Waals surface area contributed by atoms with Crippen LogP contribution in [0.2, 0.25) is 10.0 Å². The molecule has 1 aliphatic heterocycles. The topological polar surface area (TPSA) is 120 Å². The summed E-state index contributed by atoms with van der Waals surface area (Å²) >= 11 is 13.5. The number of hydrogen-bond acceptors (Lipinski definition) is 8. The van der Waals surface area contributed by atoms with Gasteiger partial charge < -0.3 is 14.8 Å². The fraction of sp³-hybridized carbons (Fsp3) is 0.367. The van der Waals surface area contributed by atoms with E-state index in [-0.39, 0.29) is 17.6 Å². The molecule has 2 N–H and O–H groups in total. The number of amides is 2. The Morgan fingerprint density at radius 3 is 2.40 bits per heavy atom. The summed E-state index contributed by atoms with van der Waals surface area (Å²) in [6.45, 7) is 5.59. The molecule has 2 heterocycles. The van der Waals surface area contributed by atoms with Gasteiger partial charge in [-0.3, -0.25) is 10.1 Å². The Morgan fingerprint density at radius 1 is 1.07 bits per heavy atom. The van der Waals surface area contributed by atoms with Gasteiger partial charge in [-0.25, -0.2) is 9.59 Å². The zero-order valence-electron chi connectivity index (χ0n) is 23.5. The number of para-hydroxylation sites is 1. The number of halogens is 2. The highest BCUT2D eigenvalue weighted by atomic mass is 35.5. The average Bonchev–Trinajstić information content (AvgIpc) is 3.56. The molecule has 0 radical (unpaired) electrons. The number of urea groups is 1. The van der Waals surface area contributed by atoms with Crippen LogP contribution in [0.15, 0.2) is 60.5 Å². The van der Waals surface area contributed by atoms with Crippen molar-refractivity contribution in [2.45, 2.75) is 64.9 Å². The number of nitrogens with zero attached hydrogens (tertiary/aromatic N) is 2. The molecular weight excluding hydrogens is 599 g/mol. The number of esters is 2. The van der Waals surface area contributed by atoms with Crippen molar-refractivity contribution in [3.8, 4) is 0 Å². The van der Waals surface area contributed by atoms with Crippen LogP contribution in [0.5, 0.6) is 0 Å². The molecule has 222 valence electrons. The fourth-order valence-electron chi connectivity index (χ4n) is 4.51. The van der Waals surface area contributed by atoms with Crippen molar-refractivity contribution in [3.63, 3.8) is 0 Å². The molecule has 2 amide bonds. The number of carbonyl (C=O) groups is 3. The van der Waals surface area contributed by atoms with Gasteiger partial charge in [-0.2, -0.15) is 0 Å². The van der Waals surface area contributed by atoms with Crippen molar-refractivity contribution < 1.29 is 23.9 Å². The molecule has 0 saturated heterocycles. The fourth-order valence-corrected chi connectivity index (χ4v) is 5.43. The molecule has 42 heavy (non-hydrogen) atoms. The van der Waals surface area contributed by atoms with E-state index in [0.29, 0.717) is 45.6 Å². The lowest BCUT2D eigenvalue weighted by molar-refractivity contribution is -0.160. The van der Waals surface area contributed by atoms with Crippen molar-refractivity contribution >= 4 is 69.0 Å². The van der Waals surface area contributed by atoms with Crippen LogP contribution >= 0.6 is 34.7 Å². The number of benzene rings is 2. The van der Waals surface area contributed by atoms with E-state index in [9.17, 15) is 14.4 Å². The van der Waals surface area contributed by atoms with Crippen molar-refractivity contribution in [3.05, 3.63) is 76.1 Å². The Bertz CT molecular complexity index is 1460. The molecule has 1 fully saturated rings. The van der Waals surface area contributed by atoms with Crippen LogP contribution in [0.1, 0.15) is 64.9 Å². The molecule has 2 aliphatic rings. The summed E-state index contributed by atoms with van der Waals surface area (Å²) in [5.41, 5.74) is -0.0897. The second kappa shape index (κ2) is 13.7. The van der Waals surface area contributed by atoms with E-state index in [1.165, 1.54) is 6.20 Å². The molecule has 0 unspecified atom stereocenters. The molecule has 12 heteroatoms. The van der Waals surface area contributed by atoms with E-state index in [4.69, 9.17) is 32.7 Å². The normalized spacial score (nSPS) is 15.9. The number of rotatable bonds is 6. The Balaban J connectivity index is 0.000000227. The summed E-state index contributed by atoms with van der Waals surface area (Å²) in [5, 5.41) is 10.3. The molecule has 1 spiro atoms. The predicted octanol–water partition coefficient (Wildman–Crippen LogP) is 8.13. The van der Waals surface area contributed by atoms with Gasteiger partial charge in [0.05, 0.1) is 16.6 Å². The van der Waals surface area contributed by atoms with Crippen LogP contribution in [0, 0.1) is 5.41 Å². The standard InChI is InChI=1S/C21H24Cl2O4.C9H8N4OS/c1-4-20(2,3)19(25)26-17-16(14-9-8-13(22)12-15(14)23)18(24)27-21(17)10-6-5-7-11-21;14-9(12-8-6-10-13-15-8)11-7-4-2-1-3-5-7/h8-9,12H,4-7,10-11H2,1-3H3;1-6H,(H2,11,12,14). The van der Waals surface area contributed by atoms with Gasteiger partial charge in [0.15, 0.2) is 11.4 Å². The highest BCUT2D eigenvalue weighted by Gasteiger charge is 2.52. The summed E-state index contributed by atoms with van der Waals surface area (Å²) in [6.07, 6.45) is 6.29. The second-order valence-electron chi connectivity index (χ2n) is 10.6. The van der Waals surface area contributed by atoms with Crippen LogP contribution < -0.4 is 10.6 Å². The number of ether oxygens (including phenoxy) is 2. The summed E-state index contributed by atoms with van der Waals surface area (Å²) < 4.78 is 15.3. The van der Waals surface area contributed by atoms with Gasteiger partial charge in [-0.05, 0) is 70.2 Å². The van der Waals surface area contributed by atoms with Crippen molar-refractivity contribution in [2.75, 3.05) is 10.6 Å². The average molecular weight is 632 g/mol. The van der Waals surface area contributed by atoms with Gasteiger partial charge in [0.2, 0.25) is 0 Å². The first-order valence-corrected chi connectivity index (χ1v) is 15.1. The molecule has 1 aromatic heterocycles. The Hall–Kier alpha value is -3.47. The number of carbonyl (C=O) groups excluding carboxylic acids is 3. The summed E-state index contributed by atoms with van der Waals surface area (Å²) in [6, 6.07) is 13.8. The number of anilines is 2. The SMILES string of the molecule is CCC(C)(C)C(=O)OC1=C(c2ccc(Cl)cc2Cl)C(=O)OC12CCCCC2.O=C(Nc1ccccc1)Nc1cnns1. The minimum Gasteiger partial charge on any atom is -0.447 e. The molecule has 1 aliphatic carbocycles. The van der Waals surface area contributed by atoms with Crippen molar-refractivity contribution in [1.29, 1.82) is 0 Å². The van der Waals surface area contributed by atoms with E-state index in [0.717, 1.165) is 36.5 Å². The maximum atomic E-state index is 12.8. The van der Waals surface area contributed by atoms with E-state index >= 15 is 0 Å². The lowest BCUT2D eigenvalue weighted by atomic mass is 9.82. The summed E-state index contributed by atoms with van der Waals surface area (Å²) in [7, 11) is 0. The predicted molar refractivity (Wildman–Crippen MR) is 164 cm³/mol. The molecule has 3 aromatic rings. The first kappa shape index (κ1) is 31.5. The Labute approximate surface area is 258 Å². The number of nitrogens with one attached hydrogen (secondary N) is 2. The Morgan fingerprint density at radius 2 is 1.79 bits per heavy atom. The lowest BCUT2D eigenvalue weighted by Crippen LogP contribution is -2.38. The van der Waals surface area contributed by atoms with Crippen LogP contribution in [-0.2, 0) is 19.1 Å². The zero-order valence-corrected chi connectivity index (χ0v) is 25.9. The number of aromatic nitrogens is 2. The minimum absolute atomic E-state index is 0.235. The largest absolute Gasteiger partial charge is 0.447 e. The molecule has 9 nitrogen and oxygen atoms in total. The van der Waals surface area contributed by atoms with E-state index in [2.05, 4.69) is 20.2 Å². The lowest BCUT2D eigenvalue weighted by Gasteiger charge is -2.34. The third-order valence-electron chi connectivity index (χ3n) is 7.26. The van der Waals surface area contributed by atoms with Gasteiger partial charge in [-0.15, -0.1) is 5.10 Å². The molecule has 5 rings (SSSR count). The third-order valence-corrected chi connectivity index (χ3v) is 8.38. The molecule has 2 aromatic carbocycles. The highest BCUT2D eigenvalue weighted by Crippen LogP contribution is 2.48. The Kier molecular flexibility index (Phi) is 10.2. The maximum absolute atomic E-state index is 12.8.